The molecule has 40 heavy (non-hydrogen) atoms. The minimum atomic E-state index is -1.01. The van der Waals surface area contributed by atoms with Crippen LogP contribution in [-0.2, 0) is 9.59 Å². The summed E-state index contributed by atoms with van der Waals surface area (Å²) in [5.41, 5.74) is 6.64. The minimum Gasteiger partial charge on any atom is -0.494 e. The van der Waals surface area contributed by atoms with Crippen molar-refractivity contribution in [3.63, 3.8) is 0 Å². The quantitative estimate of drug-likeness (QED) is 0.248. The summed E-state index contributed by atoms with van der Waals surface area (Å²) in [5, 5.41) is 14.3. The Balaban J connectivity index is 1.41. The second-order valence-corrected chi connectivity index (χ2v) is 10.6. The number of carbonyl (C=O) groups is 2. The molecule has 4 rings (SSSR count). The average Bonchev–Trinajstić information content (AvgIpc) is 3.17. The normalized spacial score (nSPS) is 19.2. The molecule has 2 aromatic carbocycles. The lowest BCUT2D eigenvalue weighted by molar-refractivity contribution is -0.123. The second kappa shape index (κ2) is 13.9. The molecule has 2 atom stereocenters. The summed E-state index contributed by atoms with van der Waals surface area (Å²) in [4.78, 5) is 30.6. The van der Waals surface area contributed by atoms with Gasteiger partial charge in [0.2, 0.25) is 5.91 Å². The van der Waals surface area contributed by atoms with Crippen molar-refractivity contribution < 1.29 is 23.8 Å². The first-order valence-electron chi connectivity index (χ1n) is 13.9. The van der Waals surface area contributed by atoms with Gasteiger partial charge in [-0.05, 0) is 106 Å². The van der Waals surface area contributed by atoms with Crippen molar-refractivity contribution in [3.8, 4) is 5.75 Å². The number of nitrogens with one attached hydrogen (secondary N) is 1. The summed E-state index contributed by atoms with van der Waals surface area (Å²) in [6.45, 7) is 5.57. The van der Waals surface area contributed by atoms with E-state index in [1.165, 1.54) is 29.2 Å². The van der Waals surface area contributed by atoms with Gasteiger partial charge in [0.05, 0.1) is 12.3 Å². The van der Waals surface area contributed by atoms with E-state index in [-0.39, 0.29) is 24.2 Å². The number of amides is 2. The van der Waals surface area contributed by atoms with Crippen molar-refractivity contribution in [2.45, 2.75) is 51.3 Å². The summed E-state index contributed by atoms with van der Waals surface area (Å²) in [7, 11) is 0. The standard InChI is InChI=1S/C29H38FN5O4S/c1-2-18-39-24-10-6-22(7-11-24)32-26(36)19-25-28(38)35(23-8-4-21(30)5-9-23)29(40)34(25)15-3-14-33-16-12-20(13-17-33)27(31)37/h4-11,20,25-26,32,36H,2-3,12-19H2,1H3,(H2,31,37). The van der Waals surface area contributed by atoms with E-state index in [0.717, 1.165) is 51.1 Å². The highest BCUT2D eigenvalue weighted by molar-refractivity contribution is 7.80. The number of ether oxygens (including phenoxy) is 1. The molecule has 2 saturated heterocycles. The van der Waals surface area contributed by atoms with Gasteiger partial charge < -0.3 is 30.7 Å². The first-order chi connectivity index (χ1) is 19.3. The molecular formula is C29H38FN5O4S. The van der Waals surface area contributed by atoms with Crippen molar-refractivity contribution in [2.75, 3.05) is 43.0 Å². The number of anilines is 2. The smallest absolute Gasteiger partial charge is 0.256 e. The maximum Gasteiger partial charge on any atom is 0.256 e. The van der Waals surface area contributed by atoms with Crippen molar-refractivity contribution >= 4 is 40.5 Å². The number of halogens is 1. The van der Waals surface area contributed by atoms with Crippen LogP contribution in [0.3, 0.4) is 0 Å². The predicted molar refractivity (Wildman–Crippen MR) is 156 cm³/mol. The van der Waals surface area contributed by atoms with Gasteiger partial charge in [0.25, 0.3) is 5.91 Å². The molecule has 0 aromatic heterocycles. The van der Waals surface area contributed by atoms with Crippen LogP contribution in [0.5, 0.6) is 5.75 Å². The van der Waals surface area contributed by atoms with E-state index in [4.69, 9.17) is 22.7 Å². The molecule has 216 valence electrons. The maximum absolute atomic E-state index is 13.6. The van der Waals surface area contributed by atoms with Crippen LogP contribution in [0, 0.1) is 11.7 Å². The highest BCUT2D eigenvalue weighted by atomic mass is 32.1. The third-order valence-corrected chi connectivity index (χ3v) is 7.79. The van der Waals surface area contributed by atoms with Crippen LogP contribution >= 0.6 is 12.2 Å². The van der Waals surface area contributed by atoms with E-state index in [1.807, 2.05) is 36.1 Å². The third kappa shape index (κ3) is 7.47. The zero-order chi connectivity index (χ0) is 28.6. The van der Waals surface area contributed by atoms with Gasteiger partial charge in [-0.3, -0.25) is 14.5 Å². The van der Waals surface area contributed by atoms with Crippen LogP contribution < -0.4 is 20.7 Å². The Labute approximate surface area is 240 Å². The van der Waals surface area contributed by atoms with Gasteiger partial charge in [-0.15, -0.1) is 0 Å². The summed E-state index contributed by atoms with van der Waals surface area (Å²) in [5.74, 6) is -0.221. The summed E-state index contributed by atoms with van der Waals surface area (Å²) >= 11 is 5.73. The number of aliphatic hydroxyl groups excluding tert-OH is 1. The van der Waals surface area contributed by atoms with E-state index in [0.29, 0.717) is 29.6 Å². The van der Waals surface area contributed by atoms with Gasteiger partial charge in [0.1, 0.15) is 23.8 Å². The van der Waals surface area contributed by atoms with Gasteiger partial charge in [-0.25, -0.2) is 4.39 Å². The van der Waals surface area contributed by atoms with Crippen LogP contribution in [0.4, 0.5) is 15.8 Å². The van der Waals surface area contributed by atoms with Crippen LogP contribution in [0.25, 0.3) is 0 Å². The molecule has 0 radical (unpaired) electrons. The first-order valence-corrected chi connectivity index (χ1v) is 14.3. The molecule has 2 amide bonds. The number of carbonyl (C=O) groups excluding carboxylic acids is 2. The van der Waals surface area contributed by atoms with Gasteiger partial charge >= 0.3 is 0 Å². The maximum atomic E-state index is 13.6. The lowest BCUT2D eigenvalue weighted by Gasteiger charge is -2.31. The molecule has 0 saturated carbocycles. The van der Waals surface area contributed by atoms with Crippen LogP contribution in [0.2, 0.25) is 0 Å². The fourth-order valence-electron chi connectivity index (χ4n) is 5.18. The van der Waals surface area contributed by atoms with Crippen molar-refractivity contribution in [3.05, 3.63) is 54.3 Å². The molecule has 9 nitrogen and oxygen atoms in total. The molecule has 0 spiro atoms. The number of hydrogen-bond donors (Lipinski definition) is 3. The fraction of sp³-hybridized carbons (Fsp3) is 0.483. The average molecular weight is 572 g/mol. The molecule has 2 unspecified atom stereocenters. The highest BCUT2D eigenvalue weighted by Crippen LogP contribution is 2.29. The number of hydrogen-bond acceptors (Lipinski definition) is 7. The summed E-state index contributed by atoms with van der Waals surface area (Å²) in [6, 6.07) is 12.3. The van der Waals surface area contributed by atoms with E-state index in [2.05, 4.69) is 10.2 Å². The zero-order valence-corrected chi connectivity index (χ0v) is 23.6. The number of thiocarbonyl (C=S) groups is 1. The number of primary amides is 1. The number of nitrogens with two attached hydrogens (primary N) is 1. The molecular weight excluding hydrogens is 533 g/mol. The van der Waals surface area contributed by atoms with Gasteiger partial charge in [0, 0.05) is 24.6 Å². The number of aliphatic hydroxyl groups is 1. The number of nitrogens with zero attached hydrogens (tertiary/aromatic N) is 3. The lowest BCUT2D eigenvalue weighted by atomic mass is 9.96. The molecule has 2 fully saturated rings. The van der Waals surface area contributed by atoms with Crippen LogP contribution in [0.1, 0.15) is 39.0 Å². The van der Waals surface area contributed by atoms with E-state index < -0.39 is 18.1 Å². The van der Waals surface area contributed by atoms with Crippen molar-refractivity contribution in [1.29, 1.82) is 0 Å². The predicted octanol–water partition coefficient (Wildman–Crippen LogP) is 3.32. The summed E-state index contributed by atoms with van der Waals surface area (Å²) in [6.07, 6.45) is 2.25. The molecule has 0 bridgehead atoms. The Morgan fingerprint density at radius 2 is 1.82 bits per heavy atom. The van der Waals surface area contributed by atoms with Crippen molar-refractivity contribution in [1.82, 2.24) is 9.80 Å². The fourth-order valence-corrected chi connectivity index (χ4v) is 5.60. The van der Waals surface area contributed by atoms with E-state index in [9.17, 15) is 19.1 Å². The van der Waals surface area contributed by atoms with Crippen molar-refractivity contribution in [2.24, 2.45) is 11.7 Å². The number of likely N-dealkylation sites (tertiary alicyclic amines) is 1. The Hall–Kier alpha value is -3.28. The third-order valence-electron chi connectivity index (χ3n) is 7.37. The van der Waals surface area contributed by atoms with Gasteiger partial charge in [-0.1, -0.05) is 6.92 Å². The monoisotopic (exact) mass is 571 g/mol. The first kappa shape index (κ1) is 29.7. The van der Waals surface area contributed by atoms with E-state index >= 15 is 0 Å². The Morgan fingerprint density at radius 3 is 2.45 bits per heavy atom. The highest BCUT2D eigenvalue weighted by Gasteiger charge is 2.43. The SMILES string of the molecule is CCCOc1ccc(NC(O)CC2C(=O)N(c3ccc(F)cc3)C(=S)N2CCCN2CCC(C(N)=O)CC2)cc1. The molecule has 2 aliphatic rings. The number of benzene rings is 2. The Bertz CT molecular complexity index is 1160. The molecule has 2 heterocycles. The molecule has 4 N–H and O–H groups in total. The Kier molecular flexibility index (Phi) is 10.3. The largest absolute Gasteiger partial charge is 0.494 e. The summed E-state index contributed by atoms with van der Waals surface area (Å²) < 4.78 is 19.2. The van der Waals surface area contributed by atoms with Gasteiger partial charge in [-0.2, -0.15) is 0 Å². The number of piperidine rings is 1. The molecule has 2 aromatic rings. The van der Waals surface area contributed by atoms with Crippen LogP contribution in [0.15, 0.2) is 48.5 Å². The number of rotatable bonds is 13. The zero-order valence-electron chi connectivity index (χ0n) is 22.8. The lowest BCUT2D eigenvalue weighted by Crippen LogP contribution is -2.42. The molecule has 0 aliphatic carbocycles. The van der Waals surface area contributed by atoms with Gasteiger partial charge in [0.15, 0.2) is 5.11 Å². The molecule has 2 aliphatic heterocycles. The Morgan fingerprint density at radius 1 is 1.15 bits per heavy atom. The second-order valence-electron chi connectivity index (χ2n) is 10.3. The topological polar surface area (TPSA) is 111 Å². The minimum absolute atomic E-state index is 0.0669. The molecule has 11 heteroatoms. The van der Waals surface area contributed by atoms with Crippen LogP contribution in [-0.4, -0.2) is 76.9 Å². The van der Waals surface area contributed by atoms with E-state index in [1.54, 1.807) is 0 Å².